The number of halogens is 3. The van der Waals surface area contributed by atoms with E-state index in [1.54, 1.807) is 12.1 Å². The third-order valence-corrected chi connectivity index (χ3v) is 3.04. The molecule has 2 N–H and O–H groups in total. The van der Waals surface area contributed by atoms with Crippen LogP contribution < -0.4 is 10.6 Å². The van der Waals surface area contributed by atoms with Gasteiger partial charge in [0, 0.05) is 12.7 Å². The second-order valence-electron chi connectivity index (χ2n) is 4.18. The number of carbonyl (C=O) groups excluding carboxylic acids is 1. The highest BCUT2D eigenvalue weighted by molar-refractivity contribution is 5.95. The fourth-order valence-corrected chi connectivity index (χ4v) is 1.93. The SMILES string of the molecule is O=C(Nc1ccccn1)C1(C(F)(F)F)CCNC1. The van der Waals surface area contributed by atoms with Crippen molar-refractivity contribution in [3.05, 3.63) is 24.4 Å². The summed E-state index contributed by atoms with van der Waals surface area (Å²) in [6, 6.07) is 4.66. The maximum absolute atomic E-state index is 13.0. The maximum Gasteiger partial charge on any atom is 0.404 e. The van der Waals surface area contributed by atoms with Crippen LogP contribution in [0.25, 0.3) is 0 Å². The minimum absolute atomic E-state index is 0.123. The molecule has 1 aromatic heterocycles. The van der Waals surface area contributed by atoms with E-state index in [4.69, 9.17) is 0 Å². The number of amides is 1. The van der Waals surface area contributed by atoms with E-state index >= 15 is 0 Å². The van der Waals surface area contributed by atoms with Crippen molar-refractivity contribution in [1.82, 2.24) is 10.3 Å². The van der Waals surface area contributed by atoms with Crippen LogP contribution in [0.4, 0.5) is 19.0 Å². The van der Waals surface area contributed by atoms with Gasteiger partial charge in [0.05, 0.1) is 0 Å². The van der Waals surface area contributed by atoms with E-state index in [9.17, 15) is 18.0 Å². The van der Waals surface area contributed by atoms with Crippen LogP contribution in [-0.4, -0.2) is 30.2 Å². The maximum atomic E-state index is 13.0. The molecule has 0 radical (unpaired) electrons. The van der Waals surface area contributed by atoms with Crippen molar-refractivity contribution in [2.75, 3.05) is 18.4 Å². The lowest BCUT2D eigenvalue weighted by Gasteiger charge is -2.29. The molecule has 1 unspecified atom stereocenters. The molecule has 0 saturated carbocycles. The van der Waals surface area contributed by atoms with Gasteiger partial charge in [0.1, 0.15) is 5.82 Å². The van der Waals surface area contributed by atoms with Gasteiger partial charge in [-0.2, -0.15) is 13.2 Å². The van der Waals surface area contributed by atoms with E-state index in [1.807, 2.05) is 0 Å². The summed E-state index contributed by atoms with van der Waals surface area (Å²) in [7, 11) is 0. The van der Waals surface area contributed by atoms with Crippen molar-refractivity contribution in [3.8, 4) is 0 Å². The average molecular weight is 259 g/mol. The fraction of sp³-hybridized carbons (Fsp3) is 0.455. The van der Waals surface area contributed by atoms with Crippen LogP contribution >= 0.6 is 0 Å². The first-order valence-corrected chi connectivity index (χ1v) is 5.46. The summed E-state index contributed by atoms with van der Waals surface area (Å²) in [5, 5.41) is 4.81. The summed E-state index contributed by atoms with van der Waals surface area (Å²) in [4.78, 5) is 15.7. The van der Waals surface area contributed by atoms with E-state index in [1.165, 1.54) is 12.3 Å². The molecule has 1 saturated heterocycles. The molecule has 7 heteroatoms. The van der Waals surface area contributed by atoms with Gasteiger partial charge in [-0.15, -0.1) is 0 Å². The van der Waals surface area contributed by atoms with E-state index in [0.717, 1.165) is 0 Å². The summed E-state index contributed by atoms with van der Waals surface area (Å²) < 4.78 is 39.1. The molecule has 2 heterocycles. The van der Waals surface area contributed by atoms with Gasteiger partial charge in [-0.1, -0.05) is 6.07 Å². The number of nitrogens with zero attached hydrogens (tertiary/aromatic N) is 1. The molecule has 0 aliphatic carbocycles. The molecule has 0 spiro atoms. The molecule has 2 rings (SSSR count). The normalized spacial score (nSPS) is 23.9. The van der Waals surface area contributed by atoms with Crippen molar-refractivity contribution >= 4 is 11.7 Å². The van der Waals surface area contributed by atoms with Crippen molar-refractivity contribution in [2.45, 2.75) is 12.6 Å². The number of nitrogens with one attached hydrogen (secondary N) is 2. The predicted octanol–water partition coefficient (Wildman–Crippen LogP) is 1.56. The summed E-state index contributed by atoms with van der Waals surface area (Å²) in [5.74, 6) is -0.934. The highest BCUT2D eigenvalue weighted by Gasteiger charge is 2.61. The number of aromatic nitrogens is 1. The third-order valence-electron chi connectivity index (χ3n) is 3.04. The molecular formula is C11H12F3N3O. The number of pyridine rings is 1. The van der Waals surface area contributed by atoms with Crippen molar-refractivity contribution in [2.24, 2.45) is 5.41 Å². The lowest BCUT2D eigenvalue weighted by molar-refractivity contribution is -0.213. The van der Waals surface area contributed by atoms with Crippen LogP contribution in [0, 0.1) is 5.41 Å². The minimum atomic E-state index is -4.57. The van der Waals surface area contributed by atoms with E-state index in [-0.39, 0.29) is 18.8 Å². The van der Waals surface area contributed by atoms with Crippen LogP contribution in [0.5, 0.6) is 0 Å². The Balaban J connectivity index is 2.20. The predicted molar refractivity (Wildman–Crippen MR) is 58.8 cm³/mol. The zero-order valence-electron chi connectivity index (χ0n) is 9.42. The summed E-state index contributed by atoms with van der Waals surface area (Å²) >= 11 is 0. The molecule has 1 aromatic rings. The van der Waals surface area contributed by atoms with E-state index in [0.29, 0.717) is 0 Å². The number of hydrogen-bond acceptors (Lipinski definition) is 3. The second-order valence-corrected chi connectivity index (χ2v) is 4.18. The number of hydrogen-bond donors (Lipinski definition) is 2. The third kappa shape index (κ3) is 2.17. The van der Waals surface area contributed by atoms with Gasteiger partial charge < -0.3 is 10.6 Å². The number of alkyl halides is 3. The van der Waals surface area contributed by atoms with Crippen LogP contribution in [0.3, 0.4) is 0 Å². The van der Waals surface area contributed by atoms with E-state index in [2.05, 4.69) is 15.6 Å². The molecule has 1 atom stereocenters. The van der Waals surface area contributed by atoms with Gasteiger partial charge in [-0.3, -0.25) is 4.79 Å². The van der Waals surface area contributed by atoms with Crippen LogP contribution in [0.15, 0.2) is 24.4 Å². The Morgan fingerprint density at radius 3 is 2.72 bits per heavy atom. The largest absolute Gasteiger partial charge is 0.404 e. The zero-order chi connectivity index (χ0) is 13.2. The standard InChI is InChI=1S/C11H12F3N3O/c12-11(13,14)10(4-6-15-7-10)9(18)17-8-3-1-2-5-16-8/h1-3,5,15H,4,6-7H2,(H,16,17,18). The number of anilines is 1. The highest BCUT2D eigenvalue weighted by Crippen LogP contribution is 2.43. The molecule has 18 heavy (non-hydrogen) atoms. The first-order chi connectivity index (χ1) is 8.46. The van der Waals surface area contributed by atoms with Crippen LogP contribution in [0.2, 0.25) is 0 Å². The van der Waals surface area contributed by atoms with Gasteiger partial charge in [-0.25, -0.2) is 4.98 Å². The Kier molecular flexibility index (Phi) is 3.25. The lowest BCUT2D eigenvalue weighted by atomic mass is 9.85. The summed E-state index contributed by atoms with van der Waals surface area (Å²) in [6.07, 6.45) is -3.42. The average Bonchev–Trinajstić information content (AvgIpc) is 2.80. The van der Waals surface area contributed by atoms with Gasteiger partial charge in [0.25, 0.3) is 0 Å². The summed E-state index contributed by atoms with van der Waals surface area (Å²) in [5.41, 5.74) is -2.36. The first kappa shape index (κ1) is 12.8. The zero-order valence-corrected chi connectivity index (χ0v) is 9.42. The van der Waals surface area contributed by atoms with E-state index < -0.39 is 24.0 Å². The Bertz CT molecular complexity index is 427. The molecule has 0 aromatic carbocycles. The molecule has 0 bridgehead atoms. The van der Waals surface area contributed by atoms with Gasteiger partial charge >= 0.3 is 6.18 Å². The molecule has 1 fully saturated rings. The van der Waals surface area contributed by atoms with Gasteiger partial charge in [-0.05, 0) is 25.1 Å². The highest BCUT2D eigenvalue weighted by atomic mass is 19.4. The Morgan fingerprint density at radius 1 is 1.44 bits per heavy atom. The lowest BCUT2D eigenvalue weighted by Crippen LogP contribution is -2.49. The Morgan fingerprint density at radius 2 is 2.22 bits per heavy atom. The molecule has 1 aliphatic rings. The molecular weight excluding hydrogens is 247 g/mol. The summed E-state index contributed by atoms with van der Waals surface area (Å²) in [6.45, 7) is -0.218. The molecule has 4 nitrogen and oxygen atoms in total. The number of rotatable bonds is 2. The van der Waals surface area contributed by atoms with Crippen molar-refractivity contribution in [3.63, 3.8) is 0 Å². The monoisotopic (exact) mass is 259 g/mol. The first-order valence-electron chi connectivity index (χ1n) is 5.46. The second kappa shape index (κ2) is 4.56. The fourth-order valence-electron chi connectivity index (χ4n) is 1.93. The van der Waals surface area contributed by atoms with Gasteiger partial charge in [0.15, 0.2) is 5.41 Å². The van der Waals surface area contributed by atoms with Crippen LogP contribution in [0.1, 0.15) is 6.42 Å². The smallest absolute Gasteiger partial charge is 0.315 e. The minimum Gasteiger partial charge on any atom is -0.315 e. The van der Waals surface area contributed by atoms with Crippen LogP contribution in [-0.2, 0) is 4.79 Å². The Hall–Kier alpha value is -1.63. The van der Waals surface area contributed by atoms with Crippen molar-refractivity contribution in [1.29, 1.82) is 0 Å². The Labute approximate surface area is 102 Å². The van der Waals surface area contributed by atoms with Crippen molar-refractivity contribution < 1.29 is 18.0 Å². The molecule has 1 aliphatic heterocycles. The molecule has 1 amide bonds. The molecule has 98 valence electrons. The topological polar surface area (TPSA) is 54.0 Å². The quantitative estimate of drug-likeness (QED) is 0.847. The number of carbonyl (C=O) groups is 1. The van der Waals surface area contributed by atoms with Gasteiger partial charge in [0.2, 0.25) is 5.91 Å².